The van der Waals surface area contributed by atoms with Gasteiger partial charge in [-0.3, -0.25) is 0 Å². The third-order valence-corrected chi connectivity index (χ3v) is 8.00. The number of hydrogen-bond acceptors (Lipinski definition) is 6. The van der Waals surface area contributed by atoms with E-state index in [1.807, 2.05) is 52.5 Å². The van der Waals surface area contributed by atoms with E-state index in [4.69, 9.17) is 10.2 Å². The molecule has 0 radical (unpaired) electrons. The molecule has 6 aromatic carbocycles. The van der Waals surface area contributed by atoms with Gasteiger partial charge in [-0.25, -0.2) is 0 Å². The summed E-state index contributed by atoms with van der Waals surface area (Å²) in [6.07, 6.45) is 0. The van der Waals surface area contributed by atoms with E-state index in [0.717, 1.165) is 77.9 Å². The van der Waals surface area contributed by atoms with E-state index >= 15 is 0 Å². The highest BCUT2D eigenvalue weighted by Crippen LogP contribution is 2.39. The van der Waals surface area contributed by atoms with E-state index in [-0.39, 0.29) is 0 Å². The highest BCUT2D eigenvalue weighted by Gasteiger charge is 2.12. The largest absolute Gasteiger partial charge is 0.378 e. The van der Waals surface area contributed by atoms with Gasteiger partial charge in [0.05, 0.1) is 22.7 Å². The maximum absolute atomic E-state index is 4.75. The van der Waals surface area contributed by atoms with Crippen LogP contribution in [0, 0.1) is 13.8 Å². The van der Waals surface area contributed by atoms with Gasteiger partial charge in [-0.1, -0.05) is 54.6 Å². The maximum Gasteiger partial charge on any atom is 0.0964 e. The van der Waals surface area contributed by atoms with Crippen molar-refractivity contribution >= 4 is 55.7 Å². The average molecular weight is 577 g/mol. The molecule has 6 nitrogen and oxygen atoms in total. The van der Waals surface area contributed by atoms with Crippen molar-refractivity contribution in [3.05, 3.63) is 120 Å². The smallest absolute Gasteiger partial charge is 0.0964 e. The van der Waals surface area contributed by atoms with Gasteiger partial charge in [0, 0.05) is 50.3 Å². The number of hydrogen-bond donors (Lipinski definition) is 0. The highest BCUT2D eigenvalue weighted by atomic mass is 15.1. The number of rotatable bonds is 7. The second kappa shape index (κ2) is 12.1. The molecule has 0 spiro atoms. The lowest BCUT2D eigenvalue weighted by Gasteiger charge is -2.13. The van der Waals surface area contributed by atoms with Crippen LogP contribution in [-0.2, 0) is 0 Å². The molecule has 6 aromatic rings. The fourth-order valence-corrected chi connectivity index (χ4v) is 5.40. The van der Waals surface area contributed by atoms with Crippen molar-refractivity contribution in [3.8, 4) is 11.1 Å². The fourth-order valence-electron chi connectivity index (χ4n) is 5.40. The zero-order chi connectivity index (χ0) is 30.8. The Hall–Kier alpha value is -5.36. The predicted octanol–water partition coefficient (Wildman–Crippen LogP) is 11.2. The monoisotopic (exact) mass is 576 g/mol. The molecule has 6 heteroatoms. The lowest BCUT2D eigenvalue weighted by Crippen LogP contribution is -2.07. The molecule has 6 rings (SSSR count). The summed E-state index contributed by atoms with van der Waals surface area (Å²) in [6, 6.07) is 37.7. The van der Waals surface area contributed by atoms with Crippen LogP contribution in [0.3, 0.4) is 0 Å². The van der Waals surface area contributed by atoms with Gasteiger partial charge >= 0.3 is 0 Å². The van der Waals surface area contributed by atoms with Crippen LogP contribution >= 0.6 is 0 Å². The molecule has 0 heterocycles. The van der Waals surface area contributed by atoms with Crippen LogP contribution in [0.25, 0.3) is 32.7 Å². The summed E-state index contributed by atoms with van der Waals surface area (Å²) < 4.78 is 0. The first-order valence-corrected chi connectivity index (χ1v) is 14.7. The second-order valence-corrected chi connectivity index (χ2v) is 11.5. The van der Waals surface area contributed by atoms with Crippen LogP contribution in [0.4, 0.5) is 34.1 Å². The van der Waals surface area contributed by atoms with Gasteiger partial charge in [0.25, 0.3) is 0 Å². The Labute approximate surface area is 259 Å². The average Bonchev–Trinajstić information content (AvgIpc) is 3.03. The standard InChI is InChI=1S/C38H36N6/c1-25-10-12-27-13-14-28(24-36(27)38(25)42-40-30-17-21-32(22-18-30)44(5)6)33-8-7-9-35-34(33)23-11-26(2)37(35)41-39-29-15-19-31(20-16-29)43(3)4/h7-24H,1-6H3. The van der Waals surface area contributed by atoms with E-state index < -0.39 is 0 Å². The third kappa shape index (κ3) is 5.79. The maximum atomic E-state index is 4.75. The summed E-state index contributed by atoms with van der Waals surface area (Å²) in [4.78, 5) is 4.14. The SMILES string of the molecule is Cc1ccc2ccc(-c3cccc4c(N=Nc5ccc(N(C)C)cc5)c(C)ccc34)cc2c1N=Nc1ccc(N(C)C)cc1. The number of azo groups is 2. The van der Waals surface area contributed by atoms with Gasteiger partial charge < -0.3 is 9.80 Å². The molecule has 0 amide bonds. The van der Waals surface area contributed by atoms with Crippen molar-refractivity contribution in [3.63, 3.8) is 0 Å². The van der Waals surface area contributed by atoms with Crippen molar-refractivity contribution in [2.75, 3.05) is 38.0 Å². The highest BCUT2D eigenvalue weighted by molar-refractivity contribution is 6.05. The summed E-state index contributed by atoms with van der Waals surface area (Å²) >= 11 is 0. The van der Waals surface area contributed by atoms with E-state index in [0.29, 0.717) is 0 Å². The van der Waals surface area contributed by atoms with Crippen LogP contribution in [0.5, 0.6) is 0 Å². The molecule has 0 fully saturated rings. The van der Waals surface area contributed by atoms with E-state index in [1.54, 1.807) is 0 Å². The van der Waals surface area contributed by atoms with Crippen molar-refractivity contribution < 1.29 is 0 Å². The summed E-state index contributed by atoms with van der Waals surface area (Å²) in [5.74, 6) is 0. The molecule has 0 saturated carbocycles. The lowest BCUT2D eigenvalue weighted by molar-refractivity contribution is 1.13. The Morgan fingerprint density at radius 1 is 0.455 bits per heavy atom. The Bertz CT molecular complexity index is 2020. The van der Waals surface area contributed by atoms with Crippen molar-refractivity contribution in [1.29, 1.82) is 0 Å². The van der Waals surface area contributed by atoms with Crippen molar-refractivity contribution in [2.24, 2.45) is 20.5 Å². The molecule has 0 aliphatic rings. The van der Waals surface area contributed by atoms with Gasteiger partial charge in [-0.2, -0.15) is 10.2 Å². The molecule has 0 saturated heterocycles. The number of benzene rings is 6. The molecule has 0 N–H and O–H groups in total. The van der Waals surface area contributed by atoms with Crippen molar-refractivity contribution in [1.82, 2.24) is 0 Å². The topological polar surface area (TPSA) is 55.9 Å². The van der Waals surface area contributed by atoms with Gasteiger partial charge in [-0.05, 0) is 101 Å². The molecule has 218 valence electrons. The predicted molar refractivity (Wildman–Crippen MR) is 186 cm³/mol. The van der Waals surface area contributed by atoms with E-state index in [2.05, 4.69) is 119 Å². The fraction of sp³-hybridized carbons (Fsp3) is 0.158. The Kier molecular flexibility index (Phi) is 7.90. The Balaban J connectivity index is 1.40. The zero-order valence-electron chi connectivity index (χ0n) is 26.1. The Morgan fingerprint density at radius 3 is 1.55 bits per heavy atom. The minimum Gasteiger partial charge on any atom is -0.378 e. The molecular formula is C38H36N6. The van der Waals surface area contributed by atoms with Crippen LogP contribution < -0.4 is 9.80 Å². The van der Waals surface area contributed by atoms with Crippen LogP contribution in [0.15, 0.2) is 130 Å². The Morgan fingerprint density at radius 2 is 0.977 bits per heavy atom. The normalized spacial score (nSPS) is 11.7. The molecule has 0 aromatic heterocycles. The van der Waals surface area contributed by atoms with E-state index in [9.17, 15) is 0 Å². The first kappa shape index (κ1) is 28.7. The summed E-state index contributed by atoms with van der Waals surface area (Å²) in [5, 5.41) is 23.1. The van der Waals surface area contributed by atoms with Crippen LogP contribution in [-0.4, -0.2) is 28.2 Å². The second-order valence-electron chi connectivity index (χ2n) is 11.5. The van der Waals surface area contributed by atoms with Crippen LogP contribution in [0.2, 0.25) is 0 Å². The zero-order valence-corrected chi connectivity index (χ0v) is 26.1. The van der Waals surface area contributed by atoms with Crippen molar-refractivity contribution in [2.45, 2.75) is 13.8 Å². The summed E-state index contributed by atoms with van der Waals surface area (Å²) in [6.45, 7) is 4.17. The lowest BCUT2D eigenvalue weighted by atomic mass is 9.93. The number of anilines is 2. The minimum absolute atomic E-state index is 0.822. The van der Waals surface area contributed by atoms with Crippen LogP contribution in [0.1, 0.15) is 11.1 Å². The number of fused-ring (bicyclic) bond motifs is 2. The van der Waals surface area contributed by atoms with Gasteiger partial charge in [0.1, 0.15) is 0 Å². The minimum atomic E-state index is 0.822. The number of nitrogens with zero attached hydrogens (tertiary/aromatic N) is 6. The summed E-state index contributed by atoms with van der Waals surface area (Å²) in [5.41, 5.74) is 10.1. The molecule has 0 aliphatic carbocycles. The quantitative estimate of drug-likeness (QED) is 0.177. The molecular weight excluding hydrogens is 540 g/mol. The molecule has 0 atom stereocenters. The molecule has 0 unspecified atom stereocenters. The van der Waals surface area contributed by atoms with Gasteiger partial charge in [0.15, 0.2) is 0 Å². The first-order valence-electron chi connectivity index (χ1n) is 14.7. The van der Waals surface area contributed by atoms with Gasteiger partial charge in [-0.15, -0.1) is 10.2 Å². The molecule has 0 aliphatic heterocycles. The van der Waals surface area contributed by atoms with E-state index in [1.165, 1.54) is 0 Å². The molecule has 0 bridgehead atoms. The summed E-state index contributed by atoms with van der Waals surface area (Å²) in [7, 11) is 8.11. The number of aryl methyl sites for hydroxylation is 2. The first-order chi connectivity index (χ1) is 21.3. The van der Waals surface area contributed by atoms with Gasteiger partial charge in [0.2, 0.25) is 0 Å². The third-order valence-electron chi connectivity index (χ3n) is 8.00. The molecule has 44 heavy (non-hydrogen) atoms.